The normalized spacial score (nSPS) is 18.6. The van der Waals surface area contributed by atoms with Crippen LogP contribution in [0.1, 0.15) is 25.3 Å². The molecule has 3 rings (SSSR count). The Morgan fingerprint density at radius 3 is 2.72 bits per heavy atom. The number of nitrogens with two attached hydrogens (primary N) is 1. The van der Waals surface area contributed by atoms with E-state index in [0.29, 0.717) is 0 Å². The molecule has 1 aliphatic carbocycles. The second-order valence-corrected chi connectivity index (χ2v) is 5.49. The van der Waals surface area contributed by atoms with Gasteiger partial charge in [-0.15, -0.1) is 0 Å². The molecule has 0 amide bonds. The van der Waals surface area contributed by atoms with Crippen molar-refractivity contribution in [1.29, 1.82) is 0 Å². The highest BCUT2D eigenvalue weighted by molar-refractivity contribution is 6.32. The van der Waals surface area contributed by atoms with Crippen LogP contribution >= 0.6 is 11.6 Å². The van der Waals surface area contributed by atoms with Crippen LogP contribution in [0.2, 0.25) is 5.02 Å². The highest BCUT2D eigenvalue weighted by Crippen LogP contribution is 2.51. The summed E-state index contributed by atoms with van der Waals surface area (Å²) in [7, 11) is 0. The smallest absolute Gasteiger partial charge is 0.0992 e. The Bertz CT molecular complexity index is 556. The van der Waals surface area contributed by atoms with E-state index in [4.69, 9.17) is 17.3 Å². The lowest BCUT2D eigenvalue weighted by Gasteiger charge is -2.21. The van der Waals surface area contributed by atoms with E-state index in [-0.39, 0.29) is 11.5 Å². The minimum absolute atomic E-state index is 0.150. The molecule has 1 saturated carbocycles. The summed E-state index contributed by atoms with van der Waals surface area (Å²) in [5, 5.41) is 0.748. The van der Waals surface area contributed by atoms with Gasteiger partial charge in [0.25, 0.3) is 0 Å². The van der Waals surface area contributed by atoms with Crippen molar-refractivity contribution in [2.75, 3.05) is 0 Å². The maximum atomic E-state index is 6.37. The summed E-state index contributed by atoms with van der Waals surface area (Å²) in [4.78, 5) is 4.04. The average Bonchev–Trinajstić information content (AvgIpc) is 2.99. The van der Waals surface area contributed by atoms with E-state index in [2.05, 4.69) is 18.0 Å². The van der Waals surface area contributed by atoms with Gasteiger partial charge in [-0.25, -0.2) is 4.98 Å². The molecule has 3 nitrogen and oxygen atoms in total. The van der Waals surface area contributed by atoms with Crippen LogP contribution in [0.4, 0.5) is 0 Å². The molecule has 0 aliphatic heterocycles. The summed E-state index contributed by atoms with van der Waals surface area (Å²) in [6, 6.07) is 6.40. The van der Waals surface area contributed by atoms with Crippen LogP contribution in [0.3, 0.4) is 0 Å². The van der Waals surface area contributed by atoms with Crippen molar-refractivity contribution < 1.29 is 0 Å². The number of benzene rings is 1. The second kappa shape index (κ2) is 4.11. The van der Waals surface area contributed by atoms with Gasteiger partial charge in [-0.3, -0.25) is 0 Å². The van der Waals surface area contributed by atoms with Crippen LogP contribution in [-0.2, 0) is 5.41 Å². The summed E-state index contributed by atoms with van der Waals surface area (Å²) in [6.45, 7) is 2.07. The van der Waals surface area contributed by atoms with Crippen molar-refractivity contribution in [2.45, 2.75) is 31.2 Å². The van der Waals surface area contributed by atoms with E-state index in [1.54, 1.807) is 12.5 Å². The Kier molecular flexibility index (Phi) is 2.68. The van der Waals surface area contributed by atoms with Crippen LogP contribution in [0, 0.1) is 0 Å². The number of hydrogen-bond acceptors (Lipinski definition) is 2. The fraction of sp³-hybridized carbons (Fsp3) is 0.357. The SMILES string of the molecule is CC(N)C1(c2ccc(-n3ccnc3)c(Cl)c2)CC1. The second-order valence-electron chi connectivity index (χ2n) is 5.08. The molecule has 4 heteroatoms. The first kappa shape index (κ1) is 11.8. The van der Waals surface area contributed by atoms with Crippen molar-refractivity contribution in [2.24, 2.45) is 5.73 Å². The monoisotopic (exact) mass is 261 g/mol. The van der Waals surface area contributed by atoms with Gasteiger partial charge in [0.1, 0.15) is 0 Å². The maximum absolute atomic E-state index is 6.37. The molecule has 1 aromatic heterocycles. The van der Waals surface area contributed by atoms with E-state index < -0.39 is 0 Å². The van der Waals surface area contributed by atoms with Crippen LogP contribution in [0.25, 0.3) is 5.69 Å². The molecule has 0 saturated heterocycles. The quantitative estimate of drug-likeness (QED) is 0.923. The van der Waals surface area contributed by atoms with Crippen molar-refractivity contribution in [3.05, 3.63) is 47.5 Å². The largest absolute Gasteiger partial charge is 0.327 e. The Morgan fingerprint density at radius 1 is 1.44 bits per heavy atom. The van der Waals surface area contributed by atoms with E-state index >= 15 is 0 Å². The standard InChI is InChI=1S/C14H16ClN3/c1-10(16)14(4-5-14)11-2-3-13(12(15)8-11)18-7-6-17-9-18/h2-3,6-10H,4-5,16H2,1H3. The Labute approximate surface area is 112 Å². The maximum Gasteiger partial charge on any atom is 0.0992 e. The first-order chi connectivity index (χ1) is 8.63. The molecular weight excluding hydrogens is 246 g/mol. The Hall–Kier alpha value is -1.32. The van der Waals surface area contributed by atoms with Crippen molar-refractivity contribution in [3.8, 4) is 5.69 Å². The Balaban J connectivity index is 2.00. The third-order valence-electron chi connectivity index (χ3n) is 3.97. The van der Waals surface area contributed by atoms with Gasteiger partial charge in [0.05, 0.1) is 17.0 Å². The van der Waals surface area contributed by atoms with Gasteiger partial charge < -0.3 is 10.3 Å². The lowest BCUT2D eigenvalue weighted by Crippen LogP contribution is -2.31. The molecule has 1 aromatic carbocycles. The molecule has 1 atom stereocenters. The first-order valence-electron chi connectivity index (χ1n) is 6.17. The predicted octanol–water partition coefficient (Wildman–Crippen LogP) is 2.90. The minimum Gasteiger partial charge on any atom is -0.327 e. The number of rotatable bonds is 3. The lowest BCUT2D eigenvalue weighted by atomic mass is 9.89. The van der Waals surface area contributed by atoms with E-state index in [9.17, 15) is 0 Å². The van der Waals surface area contributed by atoms with Gasteiger partial charge in [0.15, 0.2) is 0 Å². The molecule has 94 valence electrons. The summed E-state index contributed by atoms with van der Waals surface area (Å²) < 4.78 is 1.91. The lowest BCUT2D eigenvalue weighted by molar-refractivity contribution is 0.556. The molecule has 2 N–H and O–H groups in total. The highest BCUT2D eigenvalue weighted by Gasteiger charge is 2.47. The zero-order chi connectivity index (χ0) is 12.8. The zero-order valence-electron chi connectivity index (χ0n) is 10.3. The third kappa shape index (κ3) is 1.74. The van der Waals surface area contributed by atoms with Crippen LogP contribution in [0.15, 0.2) is 36.9 Å². The molecule has 1 unspecified atom stereocenters. The molecular formula is C14H16ClN3. The summed E-state index contributed by atoms with van der Waals surface area (Å²) >= 11 is 6.37. The van der Waals surface area contributed by atoms with E-state index in [1.165, 1.54) is 5.56 Å². The number of imidazole rings is 1. The summed E-state index contributed by atoms with van der Waals surface area (Å²) in [5.41, 5.74) is 8.45. The fourth-order valence-electron chi connectivity index (χ4n) is 2.57. The van der Waals surface area contributed by atoms with Gasteiger partial charge in [0, 0.05) is 23.9 Å². The topological polar surface area (TPSA) is 43.8 Å². The molecule has 1 fully saturated rings. The van der Waals surface area contributed by atoms with Crippen molar-refractivity contribution in [3.63, 3.8) is 0 Å². The highest BCUT2D eigenvalue weighted by atomic mass is 35.5. The van der Waals surface area contributed by atoms with Crippen LogP contribution < -0.4 is 5.73 Å². The van der Waals surface area contributed by atoms with Crippen LogP contribution in [0.5, 0.6) is 0 Å². The van der Waals surface area contributed by atoms with Crippen molar-refractivity contribution in [1.82, 2.24) is 9.55 Å². The summed E-state index contributed by atoms with van der Waals surface area (Å²) in [5.74, 6) is 0. The number of halogens is 1. The van der Waals surface area contributed by atoms with Crippen LogP contribution in [-0.4, -0.2) is 15.6 Å². The zero-order valence-corrected chi connectivity index (χ0v) is 11.1. The van der Waals surface area contributed by atoms with E-state index in [1.807, 2.05) is 22.9 Å². The first-order valence-corrected chi connectivity index (χ1v) is 6.55. The predicted molar refractivity (Wildman–Crippen MR) is 73.1 cm³/mol. The van der Waals surface area contributed by atoms with Gasteiger partial charge in [-0.05, 0) is 37.5 Å². The third-order valence-corrected chi connectivity index (χ3v) is 4.27. The fourth-order valence-corrected chi connectivity index (χ4v) is 2.85. The Morgan fingerprint density at radius 2 is 2.22 bits per heavy atom. The van der Waals surface area contributed by atoms with Gasteiger partial charge in [-0.1, -0.05) is 17.7 Å². The summed E-state index contributed by atoms with van der Waals surface area (Å²) in [6.07, 6.45) is 7.70. The number of aromatic nitrogens is 2. The average molecular weight is 262 g/mol. The van der Waals surface area contributed by atoms with Gasteiger partial charge in [0.2, 0.25) is 0 Å². The number of nitrogens with zero attached hydrogens (tertiary/aromatic N) is 2. The molecule has 2 aromatic rings. The molecule has 0 radical (unpaired) electrons. The molecule has 0 spiro atoms. The molecule has 18 heavy (non-hydrogen) atoms. The van der Waals surface area contributed by atoms with E-state index in [0.717, 1.165) is 23.6 Å². The molecule has 1 aliphatic rings. The molecule has 1 heterocycles. The van der Waals surface area contributed by atoms with Crippen molar-refractivity contribution >= 4 is 11.6 Å². The van der Waals surface area contributed by atoms with Gasteiger partial charge in [-0.2, -0.15) is 0 Å². The minimum atomic E-state index is 0.150. The number of hydrogen-bond donors (Lipinski definition) is 1. The molecule has 0 bridgehead atoms. The van der Waals surface area contributed by atoms with Gasteiger partial charge >= 0.3 is 0 Å².